The standard InChI is InChI=1S/C9H6F2INS/c10-9(11)7-2-4-1-5(12)3-6(13)8(4)14-7/h1-3,9H,13H2. The molecule has 0 unspecified atom stereocenters. The average molecular weight is 325 g/mol. The summed E-state index contributed by atoms with van der Waals surface area (Å²) in [6.07, 6.45) is -2.41. The fraction of sp³-hybridized carbons (Fsp3) is 0.111. The third-order valence-corrected chi connectivity index (χ3v) is 3.67. The van der Waals surface area contributed by atoms with E-state index < -0.39 is 6.43 Å². The lowest BCUT2D eigenvalue weighted by Crippen LogP contribution is -1.84. The second-order valence-electron chi connectivity index (χ2n) is 2.86. The third kappa shape index (κ3) is 1.70. The predicted octanol–water partition coefficient (Wildman–Crippen LogP) is 4.03. The molecule has 2 rings (SSSR count). The molecule has 0 fully saturated rings. The van der Waals surface area contributed by atoms with E-state index in [1.54, 1.807) is 6.07 Å². The van der Waals surface area contributed by atoms with Crippen molar-refractivity contribution in [2.45, 2.75) is 6.43 Å². The Kier molecular flexibility index (Phi) is 2.61. The Balaban J connectivity index is 2.70. The summed E-state index contributed by atoms with van der Waals surface area (Å²) in [4.78, 5) is 0.0775. The minimum Gasteiger partial charge on any atom is -0.398 e. The zero-order chi connectivity index (χ0) is 10.3. The van der Waals surface area contributed by atoms with Crippen molar-refractivity contribution in [1.29, 1.82) is 0 Å². The van der Waals surface area contributed by atoms with Crippen molar-refractivity contribution >= 4 is 49.7 Å². The van der Waals surface area contributed by atoms with Crippen LogP contribution in [0.25, 0.3) is 10.1 Å². The molecule has 0 amide bonds. The van der Waals surface area contributed by atoms with Crippen LogP contribution in [0.2, 0.25) is 0 Å². The maximum atomic E-state index is 12.4. The van der Waals surface area contributed by atoms with E-state index in [1.165, 1.54) is 6.07 Å². The van der Waals surface area contributed by atoms with Crippen molar-refractivity contribution in [3.8, 4) is 0 Å². The fourth-order valence-corrected chi connectivity index (χ4v) is 2.86. The smallest absolute Gasteiger partial charge is 0.272 e. The molecule has 1 aromatic carbocycles. The van der Waals surface area contributed by atoms with Gasteiger partial charge < -0.3 is 5.73 Å². The number of nitrogen functional groups attached to an aromatic ring is 1. The lowest BCUT2D eigenvalue weighted by atomic mass is 10.2. The minimum atomic E-state index is -2.41. The highest BCUT2D eigenvalue weighted by molar-refractivity contribution is 14.1. The Labute approximate surface area is 97.1 Å². The Morgan fingerprint density at radius 2 is 2.00 bits per heavy atom. The van der Waals surface area contributed by atoms with Gasteiger partial charge in [0.05, 0.1) is 15.3 Å². The summed E-state index contributed by atoms with van der Waals surface area (Å²) >= 11 is 3.18. The number of benzene rings is 1. The largest absolute Gasteiger partial charge is 0.398 e. The molecule has 0 aliphatic carbocycles. The maximum Gasteiger partial charge on any atom is 0.272 e. The van der Waals surface area contributed by atoms with Crippen LogP contribution in [0.15, 0.2) is 18.2 Å². The molecule has 74 valence electrons. The molecule has 0 saturated carbocycles. The first-order valence-electron chi connectivity index (χ1n) is 3.84. The summed E-state index contributed by atoms with van der Waals surface area (Å²) in [5, 5.41) is 0.801. The van der Waals surface area contributed by atoms with E-state index in [0.717, 1.165) is 25.0 Å². The first-order chi connectivity index (χ1) is 6.58. The summed E-state index contributed by atoms with van der Waals surface area (Å²) in [6.45, 7) is 0. The number of rotatable bonds is 1. The zero-order valence-electron chi connectivity index (χ0n) is 6.93. The lowest BCUT2D eigenvalue weighted by Gasteiger charge is -1.96. The van der Waals surface area contributed by atoms with Gasteiger partial charge in [-0.05, 0) is 46.2 Å². The molecule has 1 heterocycles. The van der Waals surface area contributed by atoms with Crippen molar-refractivity contribution in [1.82, 2.24) is 0 Å². The van der Waals surface area contributed by atoms with Crippen LogP contribution in [0, 0.1) is 3.57 Å². The summed E-state index contributed by atoms with van der Waals surface area (Å²) in [6, 6.07) is 5.15. The Bertz CT molecular complexity index is 481. The monoisotopic (exact) mass is 325 g/mol. The predicted molar refractivity (Wildman–Crippen MR) is 63.9 cm³/mol. The number of fused-ring (bicyclic) bond motifs is 1. The first-order valence-corrected chi connectivity index (χ1v) is 5.74. The van der Waals surface area contributed by atoms with Gasteiger partial charge in [0.15, 0.2) is 0 Å². The molecule has 14 heavy (non-hydrogen) atoms. The zero-order valence-corrected chi connectivity index (χ0v) is 9.90. The van der Waals surface area contributed by atoms with Crippen LogP contribution in [0.1, 0.15) is 11.3 Å². The van der Waals surface area contributed by atoms with Crippen molar-refractivity contribution in [2.24, 2.45) is 0 Å². The van der Waals surface area contributed by atoms with Crippen LogP contribution in [-0.4, -0.2) is 0 Å². The highest BCUT2D eigenvalue weighted by atomic mass is 127. The topological polar surface area (TPSA) is 26.0 Å². The van der Waals surface area contributed by atoms with E-state index in [1.807, 2.05) is 6.07 Å². The van der Waals surface area contributed by atoms with Crippen molar-refractivity contribution < 1.29 is 8.78 Å². The second-order valence-corrected chi connectivity index (χ2v) is 5.19. The molecule has 1 aromatic heterocycles. The first kappa shape index (κ1) is 10.1. The number of nitrogens with two attached hydrogens (primary N) is 1. The van der Waals surface area contributed by atoms with Gasteiger partial charge in [-0.15, -0.1) is 11.3 Å². The molecule has 2 N–H and O–H groups in total. The summed E-state index contributed by atoms with van der Waals surface area (Å²) < 4.78 is 26.5. The normalized spacial score (nSPS) is 11.4. The van der Waals surface area contributed by atoms with E-state index in [9.17, 15) is 8.78 Å². The van der Waals surface area contributed by atoms with Crippen LogP contribution in [0.5, 0.6) is 0 Å². The van der Waals surface area contributed by atoms with Gasteiger partial charge in [0, 0.05) is 3.57 Å². The number of hydrogen-bond acceptors (Lipinski definition) is 2. The molecule has 0 atom stereocenters. The quantitative estimate of drug-likeness (QED) is 0.622. The Hall–Kier alpha value is -0.430. The van der Waals surface area contributed by atoms with Crippen LogP contribution in [-0.2, 0) is 0 Å². The van der Waals surface area contributed by atoms with Crippen molar-refractivity contribution in [3.05, 3.63) is 26.6 Å². The highest BCUT2D eigenvalue weighted by Crippen LogP contribution is 2.36. The molecule has 0 aliphatic rings. The maximum absolute atomic E-state index is 12.4. The number of anilines is 1. The third-order valence-electron chi connectivity index (χ3n) is 1.84. The van der Waals surface area contributed by atoms with E-state index in [-0.39, 0.29) is 4.88 Å². The minimum absolute atomic E-state index is 0.0775. The molecule has 2 aromatic rings. The van der Waals surface area contributed by atoms with Gasteiger partial charge in [-0.3, -0.25) is 0 Å². The van der Waals surface area contributed by atoms with Gasteiger partial charge in [-0.2, -0.15) is 0 Å². The highest BCUT2D eigenvalue weighted by Gasteiger charge is 2.12. The molecule has 1 nitrogen and oxygen atoms in total. The molecule has 0 radical (unpaired) electrons. The van der Waals surface area contributed by atoms with Crippen LogP contribution >= 0.6 is 33.9 Å². The summed E-state index contributed by atoms with van der Waals surface area (Å²) in [5.74, 6) is 0. The molecular weight excluding hydrogens is 319 g/mol. The number of hydrogen-bond donors (Lipinski definition) is 1. The van der Waals surface area contributed by atoms with Gasteiger partial charge in [0.25, 0.3) is 6.43 Å². The van der Waals surface area contributed by atoms with E-state index in [2.05, 4.69) is 22.6 Å². The fourth-order valence-electron chi connectivity index (χ4n) is 1.27. The molecule has 0 aliphatic heterocycles. The van der Waals surface area contributed by atoms with E-state index >= 15 is 0 Å². The van der Waals surface area contributed by atoms with Crippen LogP contribution in [0.4, 0.5) is 14.5 Å². The van der Waals surface area contributed by atoms with Gasteiger partial charge in [-0.25, -0.2) is 8.78 Å². The van der Waals surface area contributed by atoms with Gasteiger partial charge in [0.2, 0.25) is 0 Å². The molecule has 0 spiro atoms. The van der Waals surface area contributed by atoms with Crippen LogP contribution < -0.4 is 5.73 Å². The van der Waals surface area contributed by atoms with Crippen molar-refractivity contribution in [3.63, 3.8) is 0 Å². The van der Waals surface area contributed by atoms with Gasteiger partial charge >= 0.3 is 0 Å². The molecule has 5 heteroatoms. The Morgan fingerprint density at radius 1 is 1.29 bits per heavy atom. The number of alkyl halides is 2. The molecule has 0 saturated heterocycles. The lowest BCUT2D eigenvalue weighted by molar-refractivity contribution is 0.156. The Morgan fingerprint density at radius 3 is 2.64 bits per heavy atom. The number of thiophene rings is 1. The average Bonchev–Trinajstić information content (AvgIpc) is 2.47. The SMILES string of the molecule is Nc1cc(I)cc2cc(C(F)F)sc12. The van der Waals surface area contributed by atoms with E-state index in [0.29, 0.717) is 5.69 Å². The van der Waals surface area contributed by atoms with Crippen molar-refractivity contribution in [2.75, 3.05) is 5.73 Å². The van der Waals surface area contributed by atoms with Gasteiger partial charge in [0.1, 0.15) is 0 Å². The molecule has 0 bridgehead atoms. The number of halogens is 3. The van der Waals surface area contributed by atoms with E-state index in [4.69, 9.17) is 5.73 Å². The second kappa shape index (κ2) is 3.62. The summed E-state index contributed by atoms with van der Waals surface area (Å²) in [7, 11) is 0. The molecular formula is C9H6F2INS. The summed E-state index contributed by atoms with van der Waals surface area (Å²) in [5.41, 5.74) is 6.30. The van der Waals surface area contributed by atoms with Gasteiger partial charge in [-0.1, -0.05) is 0 Å². The van der Waals surface area contributed by atoms with Crippen LogP contribution in [0.3, 0.4) is 0 Å².